The molecule has 1 aromatic rings. The van der Waals surface area contributed by atoms with Gasteiger partial charge in [0, 0.05) is 0 Å². The standard InChI is InChI=1S/C11H13BrO/c1-2-6-11(12)13-9-10-7-4-3-5-8-10/h2-8,11H,9H2,1H3/b6-2+. The van der Waals surface area contributed by atoms with E-state index in [0.717, 1.165) is 0 Å². The normalized spacial score (nSPS) is 13.4. The van der Waals surface area contributed by atoms with E-state index in [4.69, 9.17) is 4.74 Å². The molecule has 1 aromatic carbocycles. The second-order valence-corrected chi connectivity index (χ2v) is 3.58. The molecule has 0 aliphatic rings. The summed E-state index contributed by atoms with van der Waals surface area (Å²) in [5, 5.41) is 0.0118. The van der Waals surface area contributed by atoms with Crippen molar-refractivity contribution in [1.82, 2.24) is 0 Å². The first-order chi connectivity index (χ1) is 6.33. The SMILES string of the molecule is C/C=C/C(Br)OCc1ccccc1. The van der Waals surface area contributed by atoms with E-state index in [1.54, 1.807) is 0 Å². The fraction of sp³-hybridized carbons (Fsp3) is 0.273. The lowest BCUT2D eigenvalue weighted by Crippen LogP contribution is -2.00. The van der Waals surface area contributed by atoms with E-state index in [9.17, 15) is 0 Å². The van der Waals surface area contributed by atoms with Crippen LogP contribution in [0.4, 0.5) is 0 Å². The van der Waals surface area contributed by atoms with Gasteiger partial charge in [-0.3, -0.25) is 0 Å². The van der Waals surface area contributed by atoms with Gasteiger partial charge in [-0.25, -0.2) is 0 Å². The van der Waals surface area contributed by atoms with Crippen LogP contribution < -0.4 is 0 Å². The summed E-state index contributed by atoms with van der Waals surface area (Å²) in [6.45, 7) is 2.61. The van der Waals surface area contributed by atoms with Gasteiger partial charge in [0.2, 0.25) is 0 Å². The van der Waals surface area contributed by atoms with E-state index in [-0.39, 0.29) is 5.01 Å². The number of rotatable bonds is 4. The van der Waals surface area contributed by atoms with Gasteiger partial charge in [-0.1, -0.05) is 52.3 Å². The van der Waals surface area contributed by atoms with Gasteiger partial charge in [0.15, 0.2) is 0 Å². The number of hydrogen-bond acceptors (Lipinski definition) is 1. The summed E-state index contributed by atoms with van der Waals surface area (Å²) in [5.74, 6) is 0. The lowest BCUT2D eigenvalue weighted by molar-refractivity contribution is 0.130. The number of halogens is 1. The maximum atomic E-state index is 5.50. The Hall–Kier alpha value is -0.600. The molecule has 0 aliphatic carbocycles. The molecule has 70 valence electrons. The average molecular weight is 241 g/mol. The van der Waals surface area contributed by atoms with Crippen molar-refractivity contribution in [3.63, 3.8) is 0 Å². The van der Waals surface area contributed by atoms with Crippen molar-refractivity contribution < 1.29 is 4.74 Å². The van der Waals surface area contributed by atoms with Crippen molar-refractivity contribution in [1.29, 1.82) is 0 Å². The Bertz CT molecular complexity index is 256. The largest absolute Gasteiger partial charge is 0.358 e. The minimum Gasteiger partial charge on any atom is -0.358 e. The average Bonchev–Trinajstić information content (AvgIpc) is 2.17. The Morgan fingerprint density at radius 1 is 1.38 bits per heavy atom. The molecular formula is C11H13BrO. The van der Waals surface area contributed by atoms with Crippen molar-refractivity contribution in [2.45, 2.75) is 18.5 Å². The maximum Gasteiger partial charge on any atom is 0.131 e. The summed E-state index contributed by atoms with van der Waals surface area (Å²) < 4.78 is 5.50. The van der Waals surface area contributed by atoms with E-state index in [2.05, 4.69) is 28.1 Å². The van der Waals surface area contributed by atoms with Crippen LogP contribution in [0.1, 0.15) is 12.5 Å². The van der Waals surface area contributed by atoms with Crippen LogP contribution in [0.2, 0.25) is 0 Å². The molecule has 0 saturated heterocycles. The second kappa shape index (κ2) is 5.95. The number of ether oxygens (including phenoxy) is 1. The Labute approximate surface area is 87.5 Å². The van der Waals surface area contributed by atoms with E-state index in [1.165, 1.54) is 5.56 Å². The molecule has 13 heavy (non-hydrogen) atoms. The summed E-state index contributed by atoms with van der Waals surface area (Å²) in [6, 6.07) is 10.1. The number of benzene rings is 1. The molecule has 0 aliphatic heterocycles. The molecule has 0 saturated carbocycles. The van der Waals surface area contributed by atoms with E-state index in [1.807, 2.05) is 37.3 Å². The first-order valence-electron chi connectivity index (χ1n) is 4.25. The van der Waals surface area contributed by atoms with Crippen molar-refractivity contribution in [2.24, 2.45) is 0 Å². The Kier molecular flexibility index (Phi) is 4.79. The summed E-state index contributed by atoms with van der Waals surface area (Å²) in [6.07, 6.45) is 3.92. The Morgan fingerprint density at radius 2 is 2.08 bits per heavy atom. The first kappa shape index (κ1) is 10.5. The highest BCUT2D eigenvalue weighted by atomic mass is 79.9. The summed E-state index contributed by atoms with van der Waals surface area (Å²) in [5.41, 5.74) is 1.19. The molecule has 0 bridgehead atoms. The van der Waals surface area contributed by atoms with Crippen LogP contribution >= 0.6 is 15.9 Å². The van der Waals surface area contributed by atoms with Crippen molar-refractivity contribution >= 4 is 15.9 Å². The summed E-state index contributed by atoms with van der Waals surface area (Å²) in [7, 11) is 0. The minimum absolute atomic E-state index is 0.0118. The van der Waals surface area contributed by atoms with Crippen LogP contribution in [-0.4, -0.2) is 5.01 Å². The molecule has 0 N–H and O–H groups in total. The summed E-state index contributed by atoms with van der Waals surface area (Å²) >= 11 is 3.39. The zero-order chi connectivity index (χ0) is 9.52. The van der Waals surface area contributed by atoms with Gasteiger partial charge in [0.25, 0.3) is 0 Å². The van der Waals surface area contributed by atoms with Crippen LogP contribution in [0, 0.1) is 0 Å². The fourth-order valence-electron chi connectivity index (χ4n) is 0.957. The molecule has 0 amide bonds. The molecule has 1 atom stereocenters. The molecule has 0 fully saturated rings. The molecule has 0 radical (unpaired) electrons. The monoisotopic (exact) mass is 240 g/mol. The zero-order valence-electron chi connectivity index (χ0n) is 7.61. The van der Waals surface area contributed by atoms with Gasteiger partial charge in [-0.15, -0.1) is 0 Å². The fourth-order valence-corrected chi connectivity index (χ4v) is 1.39. The third-order valence-electron chi connectivity index (χ3n) is 1.60. The van der Waals surface area contributed by atoms with Crippen LogP contribution in [0.5, 0.6) is 0 Å². The number of hydrogen-bond donors (Lipinski definition) is 0. The van der Waals surface area contributed by atoms with Gasteiger partial charge in [-0.05, 0) is 18.6 Å². The topological polar surface area (TPSA) is 9.23 Å². The van der Waals surface area contributed by atoms with E-state index in [0.29, 0.717) is 6.61 Å². The predicted molar refractivity (Wildman–Crippen MR) is 58.8 cm³/mol. The summed E-state index contributed by atoms with van der Waals surface area (Å²) in [4.78, 5) is 0. The predicted octanol–water partition coefficient (Wildman–Crippen LogP) is 3.50. The lowest BCUT2D eigenvalue weighted by atomic mass is 10.2. The van der Waals surface area contributed by atoms with Crippen LogP contribution in [0.3, 0.4) is 0 Å². The van der Waals surface area contributed by atoms with Crippen LogP contribution in [-0.2, 0) is 11.3 Å². The number of allylic oxidation sites excluding steroid dienone is 1. The van der Waals surface area contributed by atoms with Crippen molar-refractivity contribution in [3.8, 4) is 0 Å². The third kappa shape index (κ3) is 4.25. The van der Waals surface area contributed by atoms with Crippen LogP contribution in [0.15, 0.2) is 42.5 Å². The molecule has 0 spiro atoms. The quantitative estimate of drug-likeness (QED) is 0.579. The zero-order valence-corrected chi connectivity index (χ0v) is 9.20. The highest BCUT2D eigenvalue weighted by Crippen LogP contribution is 2.08. The molecule has 0 aromatic heterocycles. The molecule has 2 heteroatoms. The van der Waals surface area contributed by atoms with Gasteiger partial charge in [0.05, 0.1) is 6.61 Å². The first-order valence-corrected chi connectivity index (χ1v) is 5.17. The third-order valence-corrected chi connectivity index (χ3v) is 2.17. The number of alkyl halides is 1. The van der Waals surface area contributed by atoms with Gasteiger partial charge in [0.1, 0.15) is 5.01 Å². The molecule has 1 rings (SSSR count). The molecule has 0 heterocycles. The van der Waals surface area contributed by atoms with E-state index >= 15 is 0 Å². The molecule has 1 nitrogen and oxygen atoms in total. The van der Waals surface area contributed by atoms with Gasteiger partial charge >= 0.3 is 0 Å². The van der Waals surface area contributed by atoms with Crippen molar-refractivity contribution in [2.75, 3.05) is 0 Å². The highest BCUT2D eigenvalue weighted by Gasteiger charge is 1.97. The van der Waals surface area contributed by atoms with Crippen molar-refractivity contribution in [3.05, 3.63) is 48.0 Å². The van der Waals surface area contributed by atoms with Gasteiger partial charge in [-0.2, -0.15) is 0 Å². The smallest absolute Gasteiger partial charge is 0.131 e. The van der Waals surface area contributed by atoms with E-state index < -0.39 is 0 Å². The Balaban J connectivity index is 2.35. The van der Waals surface area contributed by atoms with Crippen LogP contribution in [0.25, 0.3) is 0 Å². The molecular weight excluding hydrogens is 228 g/mol. The lowest BCUT2D eigenvalue weighted by Gasteiger charge is -2.06. The highest BCUT2D eigenvalue weighted by molar-refractivity contribution is 9.09. The van der Waals surface area contributed by atoms with Gasteiger partial charge < -0.3 is 4.74 Å². The maximum absolute atomic E-state index is 5.50. The molecule has 1 unspecified atom stereocenters. The second-order valence-electron chi connectivity index (χ2n) is 2.67. The minimum atomic E-state index is 0.0118. The Morgan fingerprint density at radius 3 is 2.69 bits per heavy atom.